The lowest BCUT2D eigenvalue weighted by Crippen LogP contribution is -2.39. The quantitative estimate of drug-likeness (QED) is 0.151. The molecule has 2 aliphatic heterocycles. The number of halogens is 2. The van der Waals surface area contributed by atoms with Crippen LogP contribution >= 0.6 is 0 Å². The van der Waals surface area contributed by atoms with Gasteiger partial charge in [0.25, 0.3) is 6.43 Å². The summed E-state index contributed by atoms with van der Waals surface area (Å²) in [6.45, 7) is 1.24. The summed E-state index contributed by atoms with van der Waals surface area (Å²) in [6.07, 6.45) is -2.25. The van der Waals surface area contributed by atoms with Crippen LogP contribution in [-0.4, -0.2) is 46.3 Å². The van der Waals surface area contributed by atoms with Gasteiger partial charge in [-0.2, -0.15) is 5.10 Å². The van der Waals surface area contributed by atoms with Gasteiger partial charge in [0, 0.05) is 30.7 Å². The van der Waals surface area contributed by atoms with E-state index in [0.717, 1.165) is 22.3 Å². The third-order valence-corrected chi connectivity index (χ3v) is 10.4. The Kier molecular flexibility index (Phi) is 8.34. The lowest BCUT2D eigenvalue weighted by Gasteiger charge is -2.37. The molecule has 0 unspecified atom stereocenters. The first-order valence-corrected chi connectivity index (χ1v) is 17.2. The number of likely N-dealkylation sites (tertiary alicyclic amines) is 1. The highest BCUT2D eigenvalue weighted by Crippen LogP contribution is 2.46. The van der Waals surface area contributed by atoms with Crippen molar-refractivity contribution in [1.29, 1.82) is 0 Å². The number of carbonyl (C=O) groups is 2. The highest BCUT2D eigenvalue weighted by atomic mass is 19.3. The van der Waals surface area contributed by atoms with Gasteiger partial charge in [0.2, 0.25) is 5.91 Å². The molecule has 0 N–H and O–H groups in total. The average Bonchev–Trinajstić information content (AvgIpc) is 3.88. The number of fused-ring (bicyclic) bond motifs is 1. The van der Waals surface area contributed by atoms with Crippen LogP contribution in [0.5, 0.6) is 0 Å². The molecule has 8 rings (SSSR count). The third-order valence-electron chi connectivity index (χ3n) is 10.4. The number of rotatable bonds is 8. The van der Waals surface area contributed by atoms with Gasteiger partial charge in [-0.25, -0.2) is 18.3 Å². The molecule has 5 aromatic carbocycles. The van der Waals surface area contributed by atoms with Crippen LogP contribution in [0.1, 0.15) is 47.2 Å². The van der Waals surface area contributed by atoms with Crippen molar-refractivity contribution in [3.63, 3.8) is 0 Å². The van der Waals surface area contributed by atoms with Crippen LogP contribution in [0.3, 0.4) is 0 Å². The third kappa shape index (κ3) is 5.53. The van der Waals surface area contributed by atoms with Gasteiger partial charge in [0.05, 0.1) is 10.9 Å². The fraction of sp³-hybridized carbons (Fsp3) is 0.214. The summed E-state index contributed by atoms with van der Waals surface area (Å²) in [7, 11) is 0. The maximum Gasteiger partial charge on any atom is 0.410 e. The first-order chi connectivity index (χ1) is 24.9. The van der Waals surface area contributed by atoms with Gasteiger partial charge in [-0.15, -0.1) is 0 Å². The molecule has 2 amide bonds. The standard InChI is InChI=1S/C42H36F2N4O3/c43-38(44)37-35-27-34(47-26-24-41(39(47)49)23-25-46(29-41)40(50)51-28-30-13-5-1-6-14-30)21-22-36(35)48(45-37)42(31-15-7-2-8-16-31,32-17-9-3-10-18-32)33-19-11-4-12-20-33/h1-22,27,38H,23-26,28-29H2/t41-/m0/s1. The molecule has 0 saturated carbocycles. The van der Waals surface area contributed by atoms with Crippen molar-refractivity contribution in [1.82, 2.24) is 14.7 Å². The highest BCUT2D eigenvalue weighted by Gasteiger charge is 2.52. The molecule has 0 bridgehead atoms. The van der Waals surface area contributed by atoms with E-state index in [9.17, 15) is 9.59 Å². The van der Waals surface area contributed by atoms with Crippen LogP contribution in [0.25, 0.3) is 10.9 Å². The second-order valence-corrected chi connectivity index (χ2v) is 13.3. The fourth-order valence-corrected chi connectivity index (χ4v) is 7.90. The van der Waals surface area contributed by atoms with E-state index in [4.69, 9.17) is 9.84 Å². The van der Waals surface area contributed by atoms with Crippen LogP contribution in [0.4, 0.5) is 19.3 Å². The molecule has 7 nitrogen and oxygen atoms in total. The first-order valence-electron chi connectivity index (χ1n) is 17.2. The maximum absolute atomic E-state index is 15.0. The highest BCUT2D eigenvalue weighted by molar-refractivity contribution is 6.02. The normalized spacial score (nSPS) is 17.6. The molecule has 1 aromatic heterocycles. The number of nitrogens with zero attached hydrogens (tertiary/aromatic N) is 4. The molecule has 256 valence electrons. The Morgan fingerprint density at radius 1 is 0.765 bits per heavy atom. The maximum atomic E-state index is 15.0. The van der Waals surface area contributed by atoms with Crippen molar-refractivity contribution < 1.29 is 23.1 Å². The van der Waals surface area contributed by atoms with Crippen LogP contribution in [0.2, 0.25) is 0 Å². The van der Waals surface area contributed by atoms with Gasteiger partial charge in [-0.05, 0) is 53.3 Å². The van der Waals surface area contributed by atoms with E-state index >= 15 is 8.78 Å². The van der Waals surface area contributed by atoms with E-state index in [-0.39, 0.29) is 30.1 Å². The van der Waals surface area contributed by atoms with Crippen molar-refractivity contribution in [3.05, 3.63) is 167 Å². The molecular weight excluding hydrogens is 646 g/mol. The van der Waals surface area contributed by atoms with Crippen molar-refractivity contribution in [3.8, 4) is 0 Å². The van der Waals surface area contributed by atoms with Gasteiger partial charge in [0.15, 0.2) is 0 Å². The molecule has 6 aromatic rings. The molecule has 1 atom stereocenters. The number of alkyl halides is 2. The molecule has 0 aliphatic carbocycles. The van der Waals surface area contributed by atoms with Crippen molar-refractivity contribution in [2.75, 3.05) is 24.5 Å². The Bertz CT molecular complexity index is 2080. The minimum absolute atomic E-state index is 0.113. The SMILES string of the molecule is O=C(OCc1ccccc1)N1CC[C@]2(CCN(c3ccc4c(c3)c(C(F)F)nn4C(c3ccccc3)(c3ccccc3)c3ccccc3)C2=O)C1. The number of carbonyl (C=O) groups excluding carboxylic acids is 2. The zero-order chi connectivity index (χ0) is 35.0. The summed E-state index contributed by atoms with van der Waals surface area (Å²) in [5, 5.41) is 5.00. The number of aromatic nitrogens is 2. The number of hydrogen-bond donors (Lipinski definition) is 0. The van der Waals surface area contributed by atoms with E-state index in [0.29, 0.717) is 37.1 Å². The summed E-state index contributed by atoms with van der Waals surface area (Å²) in [6, 6.07) is 44.1. The van der Waals surface area contributed by atoms with Crippen molar-refractivity contribution in [2.45, 2.75) is 31.4 Å². The van der Waals surface area contributed by atoms with E-state index in [1.165, 1.54) is 0 Å². The predicted octanol–water partition coefficient (Wildman–Crippen LogP) is 8.58. The molecule has 1 spiro atoms. The van der Waals surface area contributed by atoms with Gasteiger partial charge in [-0.1, -0.05) is 121 Å². The van der Waals surface area contributed by atoms with Gasteiger partial charge in [0.1, 0.15) is 17.8 Å². The lowest BCUT2D eigenvalue weighted by molar-refractivity contribution is -0.124. The summed E-state index contributed by atoms with van der Waals surface area (Å²) in [4.78, 5) is 30.4. The van der Waals surface area contributed by atoms with Gasteiger partial charge < -0.3 is 14.5 Å². The number of amides is 2. The topological polar surface area (TPSA) is 67.7 Å². The molecule has 2 fully saturated rings. The minimum Gasteiger partial charge on any atom is -0.445 e. The Balaban J connectivity index is 1.17. The number of hydrogen-bond acceptors (Lipinski definition) is 4. The van der Waals surface area contributed by atoms with Crippen molar-refractivity contribution in [2.24, 2.45) is 5.41 Å². The average molecular weight is 683 g/mol. The zero-order valence-corrected chi connectivity index (χ0v) is 27.9. The summed E-state index contributed by atoms with van der Waals surface area (Å²) >= 11 is 0. The Hall–Kier alpha value is -5.83. The fourth-order valence-electron chi connectivity index (χ4n) is 7.90. The largest absolute Gasteiger partial charge is 0.445 e. The van der Waals surface area contributed by atoms with Crippen LogP contribution in [0, 0.1) is 5.41 Å². The van der Waals surface area contributed by atoms with Crippen LogP contribution in [-0.2, 0) is 21.7 Å². The first kappa shape index (κ1) is 32.4. The molecule has 2 saturated heterocycles. The van der Waals surface area contributed by atoms with E-state index in [1.54, 1.807) is 26.6 Å². The van der Waals surface area contributed by atoms with E-state index in [2.05, 4.69) is 0 Å². The Morgan fingerprint density at radius 3 is 1.88 bits per heavy atom. The minimum atomic E-state index is -2.87. The number of ether oxygens (including phenoxy) is 1. The molecule has 2 aliphatic rings. The molecule has 3 heterocycles. The summed E-state index contributed by atoms with van der Waals surface area (Å²) in [5.41, 5.74) is 2.32. The number of anilines is 1. The zero-order valence-electron chi connectivity index (χ0n) is 27.9. The molecule has 9 heteroatoms. The second-order valence-electron chi connectivity index (χ2n) is 13.3. The molecular formula is C42H36F2N4O3. The van der Waals surface area contributed by atoms with Crippen molar-refractivity contribution >= 4 is 28.6 Å². The summed E-state index contributed by atoms with van der Waals surface area (Å²) < 4.78 is 37.3. The van der Waals surface area contributed by atoms with Gasteiger partial charge >= 0.3 is 6.09 Å². The van der Waals surface area contributed by atoms with Gasteiger partial charge in [-0.3, -0.25) is 4.79 Å². The molecule has 0 radical (unpaired) electrons. The Morgan fingerprint density at radius 2 is 1.31 bits per heavy atom. The predicted molar refractivity (Wildman–Crippen MR) is 192 cm³/mol. The number of benzene rings is 5. The second kappa shape index (κ2) is 13.1. The molecule has 51 heavy (non-hydrogen) atoms. The van der Waals surface area contributed by atoms with E-state index < -0.39 is 23.5 Å². The monoisotopic (exact) mass is 682 g/mol. The van der Waals surface area contributed by atoms with E-state index in [1.807, 2.05) is 127 Å². The van der Waals surface area contributed by atoms with Crippen LogP contribution < -0.4 is 4.90 Å². The summed E-state index contributed by atoms with van der Waals surface area (Å²) in [5.74, 6) is -0.113. The smallest absolute Gasteiger partial charge is 0.410 e. The van der Waals surface area contributed by atoms with Crippen LogP contribution in [0.15, 0.2) is 140 Å². The lowest BCUT2D eigenvalue weighted by atomic mass is 9.77. The Labute approximate surface area is 294 Å².